The molecule has 0 atom stereocenters. The Labute approximate surface area is 121 Å². The average molecular weight is 288 g/mol. The second kappa shape index (κ2) is 6.00. The van der Waals surface area contributed by atoms with Gasteiger partial charge in [-0.25, -0.2) is 4.79 Å². The van der Waals surface area contributed by atoms with E-state index in [1.165, 1.54) is 0 Å². The first kappa shape index (κ1) is 14.4. The molecule has 0 aliphatic rings. The Morgan fingerprint density at radius 3 is 2.67 bits per heavy atom. The van der Waals surface area contributed by atoms with Crippen molar-refractivity contribution in [2.24, 2.45) is 11.5 Å². The van der Waals surface area contributed by atoms with Gasteiger partial charge in [0.25, 0.3) is 5.91 Å². The number of nitrogens with one attached hydrogen (secondary N) is 2. The Bertz CT molecular complexity index is 679. The zero-order valence-electron chi connectivity index (χ0n) is 11.5. The first-order valence-electron chi connectivity index (χ1n) is 6.33. The van der Waals surface area contributed by atoms with Crippen LogP contribution in [0.3, 0.4) is 0 Å². The third-order valence-corrected chi connectivity index (χ3v) is 2.79. The van der Waals surface area contributed by atoms with Gasteiger partial charge in [0.15, 0.2) is 0 Å². The van der Waals surface area contributed by atoms with Crippen molar-refractivity contribution in [3.8, 4) is 17.0 Å². The molecule has 0 bridgehead atoms. The number of carbonyl (C=O) groups excluding carboxylic acids is 2. The Morgan fingerprint density at radius 1 is 1.29 bits per heavy atom. The standard InChI is InChI=1S/C14H16N4O3/c1-2-21-9-5-3-4-8(6-9)11-7-10(12(15)19)13(17-11)18-14(16)20/h3-7,17H,2H2,1H3,(H2,15,19)(H3,16,18,20). The van der Waals surface area contributed by atoms with Gasteiger partial charge in [-0.05, 0) is 25.1 Å². The van der Waals surface area contributed by atoms with Crippen LogP contribution in [-0.4, -0.2) is 23.5 Å². The zero-order valence-corrected chi connectivity index (χ0v) is 11.5. The van der Waals surface area contributed by atoms with Crippen LogP contribution in [0.4, 0.5) is 10.6 Å². The van der Waals surface area contributed by atoms with Crippen molar-refractivity contribution < 1.29 is 14.3 Å². The number of aromatic amines is 1. The van der Waals surface area contributed by atoms with Crippen LogP contribution in [0.5, 0.6) is 5.75 Å². The topological polar surface area (TPSA) is 123 Å². The summed E-state index contributed by atoms with van der Waals surface area (Å²) in [5, 5.41) is 2.34. The van der Waals surface area contributed by atoms with E-state index in [0.29, 0.717) is 18.1 Å². The second-order valence-corrected chi connectivity index (χ2v) is 4.29. The number of rotatable bonds is 5. The fourth-order valence-electron chi connectivity index (χ4n) is 1.95. The number of anilines is 1. The highest BCUT2D eigenvalue weighted by Crippen LogP contribution is 2.27. The molecule has 0 saturated carbocycles. The van der Waals surface area contributed by atoms with Gasteiger partial charge in [-0.15, -0.1) is 0 Å². The van der Waals surface area contributed by atoms with Crippen LogP contribution in [0.15, 0.2) is 30.3 Å². The quantitative estimate of drug-likeness (QED) is 0.669. The van der Waals surface area contributed by atoms with Crippen LogP contribution in [0, 0.1) is 0 Å². The van der Waals surface area contributed by atoms with Crippen LogP contribution in [-0.2, 0) is 0 Å². The summed E-state index contributed by atoms with van der Waals surface area (Å²) in [5.41, 5.74) is 11.9. The largest absolute Gasteiger partial charge is 0.494 e. The molecule has 0 aliphatic carbocycles. The van der Waals surface area contributed by atoms with Gasteiger partial charge in [0.1, 0.15) is 11.6 Å². The lowest BCUT2D eigenvalue weighted by atomic mass is 10.1. The van der Waals surface area contributed by atoms with Gasteiger partial charge in [0, 0.05) is 11.3 Å². The fourth-order valence-corrected chi connectivity index (χ4v) is 1.95. The second-order valence-electron chi connectivity index (χ2n) is 4.29. The van der Waals surface area contributed by atoms with Gasteiger partial charge in [-0.2, -0.15) is 0 Å². The summed E-state index contributed by atoms with van der Waals surface area (Å²) in [4.78, 5) is 25.3. The van der Waals surface area contributed by atoms with E-state index in [2.05, 4.69) is 10.3 Å². The lowest BCUT2D eigenvalue weighted by molar-refractivity contribution is 0.100. The molecule has 6 N–H and O–H groups in total. The molecule has 0 spiro atoms. The van der Waals surface area contributed by atoms with Gasteiger partial charge >= 0.3 is 6.03 Å². The van der Waals surface area contributed by atoms with E-state index in [1.807, 2.05) is 31.2 Å². The molecular weight excluding hydrogens is 272 g/mol. The Balaban J connectivity index is 2.42. The fraction of sp³-hybridized carbons (Fsp3) is 0.143. The first-order chi connectivity index (χ1) is 10.0. The molecule has 1 aromatic heterocycles. The monoisotopic (exact) mass is 288 g/mol. The number of benzene rings is 1. The van der Waals surface area contributed by atoms with Gasteiger partial charge in [0.2, 0.25) is 0 Å². The maximum absolute atomic E-state index is 11.4. The SMILES string of the molecule is CCOc1cccc(-c2cc(C(N)=O)c(NC(N)=O)[nH]2)c1. The molecule has 1 aromatic carbocycles. The lowest BCUT2D eigenvalue weighted by Gasteiger charge is -2.05. The maximum Gasteiger partial charge on any atom is 0.317 e. The van der Waals surface area contributed by atoms with Crippen LogP contribution in [0.25, 0.3) is 11.3 Å². The van der Waals surface area contributed by atoms with Crippen molar-refractivity contribution in [1.29, 1.82) is 0 Å². The van der Waals surface area contributed by atoms with E-state index in [4.69, 9.17) is 16.2 Å². The van der Waals surface area contributed by atoms with Crippen molar-refractivity contribution in [3.05, 3.63) is 35.9 Å². The average Bonchev–Trinajstić information content (AvgIpc) is 2.83. The third-order valence-electron chi connectivity index (χ3n) is 2.79. The molecule has 0 saturated heterocycles. The number of aromatic nitrogens is 1. The van der Waals surface area contributed by atoms with Gasteiger partial charge in [-0.1, -0.05) is 12.1 Å². The lowest BCUT2D eigenvalue weighted by Crippen LogP contribution is -2.22. The number of nitrogens with two attached hydrogens (primary N) is 2. The highest BCUT2D eigenvalue weighted by molar-refractivity contribution is 6.03. The van der Waals surface area contributed by atoms with Gasteiger partial charge < -0.3 is 21.2 Å². The van der Waals surface area contributed by atoms with E-state index in [9.17, 15) is 9.59 Å². The van der Waals surface area contributed by atoms with Crippen molar-refractivity contribution in [3.63, 3.8) is 0 Å². The smallest absolute Gasteiger partial charge is 0.317 e. The molecule has 21 heavy (non-hydrogen) atoms. The molecule has 110 valence electrons. The van der Waals surface area contributed by atoms with E-state index in [1.54, 1.807) is 6.07 Å². The highest BCUT2D eigenvalue weighted by atomic mass is 16.5. The zero-order chi connectivity index (χ0) is 15.4. The summed E-state index contributed by atoms with van der Waals surface area (Å²) >= 11 is 0. The van der Waals surface area contributed by atoms with E-state index < -0.39 is 11.9 Å². The number of hydrogen-bond acceptors (Lipinski definition) is 3. The van der Waals surface area contributed by atoms with Crippen molar-refractivity contribution in [2.45, 2.75) is 6.92 Å². The predicted octanol–water partition coefficient (Wildman–Crippen LogP) is 1.67. The number of primary amides is 2. The molecule has 0 radical (unpaired) electrons. The van der Waals surface area contributed by atoms with Crippen LogP contribution in [0.2, 0.25) is 0 Å². The summed E-state index contributed by atoms with van der Waals surface area (Å²) < 4.78 is 5.42. The minimum Gasteiger partial charge on any atom is -0.494 e. The number of urea groups is 1. The molecule has 0 fully saturated rings. The van der Waals surface area contributed by atoms with Crippen molar-refractivity contribution in [1.82, 2.24) is 4.98 Å². The van der Waals surface area contributed by atoms with Crippen LogP contribution in [0.1, 0.15) is 17.3 Å². The summed E-state index contributed by atoms with van der Waals surface area (Å²) in [6.45, 7) is 2.44. The van der Waals surface area contributed by atoms with Gasteiger partial charge in [0.05, 0.1) is 12.2 Å². The van der Waals surface area contributed by atoms with Crippen LogP contribution >= 0.6 is 0 Å². The summed E-state index contributed by atoms with van der Waals surface area (Å²) in [5.74, 6) is 0.212. The number of ether oxygens (including phenoxy) is 1. The summed E-state index contributed by atoms with van der Waals surface area (Å²) in [6, 6.07) is 8.08. The first-order valence-corrected chi connectivity index (χ1v) is 6.33. The Morgan fingerprint density at radius 2 is 2.05 bits per heavy atom. The van der Waals surface area contributed by atoms with E-state index in [0.717, 1.165) is 5.56 Å². The minimum atomic E-state index is -0.783. The molecule has 7 nitrogen and oxygen atoms in total. The number of H-pyrrole nitrogens is 1. The molecule has 2 rings (SSSR count). The van der Waals surface area contributed by atoms with Crippen molar-refractivity contribution in [2.75, 3.05) is 11.9 Å². The number of hydrogen-bond donors (Lipinski definition) is 4. The van der Waals surface area contributed by atoms with E-state index >= 15 is 0 Å². The van der Waals surface area contributed by atoms with Crippen molar-refractivity contribution >= 4 is 17.8 Å². The molecule has 0 aliphatic heterocycles. The third kappa shape index (κ3) is 3.33. The molecule has 7 heteroatoms. The number of amides is 3. The van der Waals surface area contributed by atoms with Gasteiger partial charge in [-0.3, -0.25) is 10.1 Å². The highest BCUT2D eigenvalue weighted by Gasteiger charge is 2.15. The summed E-state index contributed by atoms with van der Waals surface area (Å²) in [7, 11) is 0. The molecule has 0 unspecified atom stereocenters. The molecular formula is C14H16N4O3. The molecule has 1 heterocycles. The normalized spacial score (nSPS) is 10.1. The Hall–Kier alpha value is -2.96. The summed E-state index contributed by atoms with van der Waals surface area (Å²) in [6.07, 6.45) is 0. The number of carbonyl (C=O) groups is 2. The maximum atomic E-state index is 11.4. The molecule has 2 aromatic rings. The predicted molar refractivity (Wildman–Crippen MR) is 79.1 cm³/mol. The Kier molecular flexibility index (Phi) is 4.13. The van der Waals surface area contributed by atoms with E-state index in [-0.39, 0.29) is 11.4 Å². The molecule has 3 amide bonds. The minimum absolute atomic E-state index is 0.158. The van der Waals surface area contributed by atoms with Crippen LogP contribution < -0.4 is 21.5 Å².